The van der Waals surface area contributed by atoms with Gasteiger partial charge in [-0.2, -0.15) is 0 Å². The van der Waals surface area contributed by atoms with Crippen molar-refractivity contribution in [3.63, 3.8) is 0 Å². The lowest BCUT2D eigenvalue weighted by Crippen LogP contribution is -2.25. The summed E-state index contributed by atoms with van der Waals surface area (Å²) in [7, 11) is 0.0133. The Labute approximate surface area is 151 Å². The third-order valence-corrected chi connectivity index (χ3v) is 6.18. The van der Waals surface area contributed by atoms with Crippen LogP contribution in [0.1, 0.15) is 23.7 Å². The van der Waals surface area contributed by atoms with E-state index in [0.717, 1.165) is 0 Å². The van der Waals surface area contributed by atoms with Crippen molar-refractivity contribution in [2.24, 2.45) is 4.99 Å². The minimum absolute atomic E-state index is 0.0207. The lowest BCUT2D eigenvalue weighted by molar-refractivity contribution is 0.404. The number of aliphatic imine (C=N–C) groups is 1. The van der Waals surface area contributed by atoms with Gasteiger partial charge in [-0.25, -0.2) is 13.1 Å². The molecule has 0 amide bonds. The third kappa shape index (κ3) is 3.52. The van der Waals surface area contributed by atoms with Crippen LogP contribution < -0.4 is 15.0 Å². The molecule has 0 radical (unpaired) electrons. The van der Waals surface area contributed by atoms with Crippen LogP contribution in [0, 0.1) is 6.92 Å². The summed E-state index contributed by atoms with van der Waals surface area (Å²) in [6.45, 7) is 1.76. The van der Waals surface area contributed by atoms with Gasteiger partial charge in [0.05, 0.1) is 37.3 Å². The molecule has 26 heavy (non-hydrogen) atoms. The van der Waals surface area contributed by atoms with Crippen LogP contribution in [-0.4, -0.2) is 50.1 Å². The van der Waals surface area contributed by atoms with Crippen molar-refractivity contribution in [2.45, 2.75) is 19.4 Å². The number of benzene rings is 1. The molecule has 0 spiro atoms. The van der Waals surface area contributed by atoms with Crippen molar-refractivity contribution >= 4 is 21.7 Å². The van der Waals surface area contributed by atoms with Gasteiger partial charge < -0.3 is 9.47 Å². The van der Waals surface area contributed by atoms with E-state index in [1.54, 1.807) is 32.2 Å². The van der Waals surface area contributed by atoms with Crippen molar-refractivity contribution in [2.75, 3.05) is 25.7 Å². The minimum atomic E-state index is -3.08. The van der Waals surface area contributed by atoms with Gasteiger partial charge in [0.25, 0.3) is 5.56 Å². The molecule has 1 aromatic heterocycles. The van der Waals surface area contributed by atoms with Crippen molar-refractivity contribution in [3.8, 4) is 11.5 Å². The van der Waals surface area contributed by atoms with Crippen LogP contribution in [0.3, 0.4) is 0 Å². The Morgan fingerprint density at radius 3 is 2.69 bits per heavy atom. The number of ether oxygens (including phenoxy) is 2. The highest BCUT2D eigenvalue weighted by Crippen LogP contribution is 2.31. The topological polar surface area (TPSA) is 103 Å². The van der Waals surface area contributed by atoms with Crippen LogP contribution >= 0.6 is 0 Å². The number of aromatic nitrogens is 2. The molecule has 0 saturated carbocycles. The SMILES string of the molecule is COc1ccc(OC)c(N=Cc2c(C)[nH]n([C@H]3CCS(=O)(=O)C3)c2=O)c1. The van der Waals surface area contributed by atoms with Gasteiger partial charge in [-0.15, -0.1) is 0 Å². The molecule has 0 bridgehead atoms. The molecule has 1 aliphatic rings. The molecule has 2 aromatic rings. The Balaban J connectivity index is 1.94. The molecule has 1 saturated heterocycles. The maximum absolute atomic E-state index is 12.7. The first kappa shape index (κ1) is 18.2. The van der Waals surface area contributed by atoms with E-state index in [2.05, 4.69) is 10.1 Å². The number of sulfone groups is 1. The number of hydrogen-bond acceptors (Lipinski definition) is 6. The number of H-pyrrole nitrogens is 1. The molecular formula is C17H21N3O5S. The molecule has 1 fully saturated rings. The fraction of sp³-hybridized carbons (Fsp3) is 0.412. The molecule has 1 atom stereocenters. The molecule has 1 aliphatic heterocycles. The average Bonchev–Trinajstić information content (AvgIpc) is 3.11. The van der Waals surface area contributed by atoms with E-state index < -0.39 is 9.84 Å². The standard InChI is InChI=1S/C17H21N3O5S/c1-11-14(9-18-15-8-13(24-2)4-5-16(15)25-3)17(21)20(19-11)12-6-7-26(22,23)10-12/h4-5,8-9,12,19H,6-7,10H2,1-3H3/t12-/m0/s1. The second kappa shape index (κ2) is 6.99. The zero-order valence-electron chi connectivity index (χ0n) is 14.9. The first-order valence-electron chi connectivity index (χ1n) is 8.12. The Bertz CT molecular complexity index is 1000. The normalized spacial score (nSPS) is 19.1. The number of nitrogens with zero attached hydrogens (tertiary/aromatic N) is 2. The highest BCUT2D eigenvalue weighted by atomic mass is 32.2. The first-order chi connectivity index (χ1) is 12.3. The molecular weight excluding hydrogens is 358 g/mol. The number of rotatable bonds is 5. The molecule has 8 nitrogen and oxygen atoms in total. The predicted molar refractivity (Wildman–Crippen MR) is 98.9 cm³/mol. The zero-order chi connectivity index (χ0) is 18.9. The van der Waals surface area contributed by atoms with Crippen LogP contribution in [0.4, 0.5) is 5.69 Å². The summed E-state index contributed by atoms with van der Waals surface area (Å²) < 4.78 is 35.2. The summed E-state index contributed by atoms with van der Waals surface area (Å²) in [6, 6.07) is 4.84. The lowest BCUT2D eigenvalue weighted by atomic mass is 10.2. The van der Waals surface area contributed by atoms with Crippen molar-refractivity contribution < 1.29 is 17.9 Å². The van der Waals surface area contributed by atoms with Crippen molar-refractivity contribution in [1.29, 1.82) is 0 Å². The molecule has 140 valence electrons. The quantitative estimate of drug-likeness (QED) is 0.795. The Morgan fingerprint density at radius 1 is 1.31 bits per heavy atom. The van der Waals surface area contributed by atoms with E-state index in [0.29, 0.717) is 34.9 Å². The van der Waals surface area contributed by atoms with Crippen molar-refractivity contribution in [3.05, 3.63) is 39.8 Å². The second-order valence-corrected chi connectivity index (χ2v) is 8.41. The minimum Gasteiger partial charge on any atom is -0.497 e. The van der Waals surface area contributed by atoms with Gasteiger partial charge in [0.1, 0.15) is 17.2 Å². The predicted octanol–water partition coefficient (Wildman–Crippen LogP) is 1.61. The number of aryl methyl sites for hydroxylation is 1. The van der Waals surface area contributed by atoms with E-state index in [9.17, 15) is 13.2 Å². The molecule has 3 rings (SSSR count). The molecule has 9 heteroatoms. The average molecular weight is 379 g/mol. The van der Waals surface area contributed by atoms with Crippen LogP contribution in [0.5, 0.6) is 11.5 Å². The summed E-state index contributed by atoms with van der Waals surface area (Å²) >= 11 is 0. The molecule has 0 unspecified atom stereocenters. The fourth-order valence-corrected chi connectivity index (χ4v) is 4.70. The molecule has 0 aliphatic carbocycles. The summed E-state index contributed by atoms with van der Waals surface area (Å²) in [5.74, 6) is 1.26. The third-order valence-electron chi connectivity index (χ3n) is 4.43. The number of nitrogens with one attached hydrogen (secondary N) is 1. The number of methoxy groups -OCH3 is 2. The number of hydrogen-bond donors (Lipinski definition) is 1. The smallest absolute Gasteiger partial charge is 0.275 e. The van der Waals surface area contributed by atoms with Crippen LogP contribution in [-0.2, 0) is 9.84 Å². The van der Waals surface area contributed by atoms with Gasteiger partial charge in [0, 0.05) is 18.0 Å². The van der Waals surface area contributed by atoms with Crippen LogP contribution in [0.25, 0.3) is 0 Å². The van der Waals surface area contributed by atoms with Gasteiger partial charge in [0.2, 0.25) is 0 Å². The van der Waals surface area contributed by atoms with Gasteiger partial charge >= 0.3 is 0 Å². The number of aromatic amines is 1. The maximum atomic E-state index is 12.7. The van der Waals surface area contributed by atoms with Gasteiger partial charge in [-0.1, -0.05) is 0 Å². The highest BCUT2D eigenvalue weighted by molar-refractivity contribution is 7.91. The van der Waals surface area contributed by atoms with E-state index >= 15 is 0 Å². The second-order valence-electron chi connectivity index (χ2n) is 6.18. The first-order valence-corrected chi connectivity index (χ1v) is 9.94. The monoisotopic (exact) mass is 379 g/mol. The van der Waals surface area contributed by atoms with Crippen LogP contribution in [0.2, 0.25) is 0 Å². The fourth-order valence-electron chi connectivity index (χ4n) is 3.00. The Hall–Kier alpha value is -2.55. The van der Waals surface area contributed by atoms with Gasteiger partial charge in [0.15, 0.2) is 9.84 Å². The largest absolute Gasteiger partial charge is 0.497 e. The van der Waals surface area contributed by atoms with Gasteiger partial charge in [-0.3, -0.25) is 14.9 Å². The molecule has 1 aromatic carbocycles. The molecule has 2 heterocycles. The Kier molecular flexibility index (Phi) is 4.90. The zero-order valence-corrected chi connectivity index (χ0v) is 15.7. The van der Waals surface area contributed by atoms with Crippen molar-refractivity contribution in [1.82, 2.24) is 9.78 Å². The summed E-state index contributed by atoms with van der Waals surface area (Å²) in [4.78, 5) is 17.0. The lowest BCUT2D eigenvalue weighted by Gasteiger charge is -2.07. The van der Waals surface area contributed by atoms with Gasteiger partial charge in [-0.05, 0) is 25.5 Å². The Morgan fingerprint density at radius 2 is 2.08 bits per heavy atom. The van der Waals surface area contributed by atoms with E-state index in [1.165, 1.54) is 18.0 Å². The summed E-state index contributed by atoms with van der Waals surface area (Å²) in [5, 5.41) is 2.97. The van der Waals surface area contributed by atoms with E-state index in [-0.39, 0.29) is 23.1 Å². The van der Waals surface area contributed by atoms with E-state index in [1.807, 2.05) is 0 Å². The van der Waals surface area contributed by atoms with E-state index in [4.69, 9.17) is 9.47 Å². The summed E-state index contributed by atoms with van der Waals surface area (Å²) in [6.07, 6.45) is 1.90. The summed E-state index contributed by atoms with van der Waals surface area (Å²) in [5.41, 5.74) is 1.26. The van der Waals surface area contributed by atoms with Crippen LogP contribution in [0.15, 0.2) is 28.0 Å². The highest BCUT2D eigenvalue weighted by Gasteiger charge is 2.31. The maximum Gasteiger partial charge on any atom is 0.275 e. The molecule has 1 N–H and O–H groups in total.